The lowest BCUT2D eigenvalue weighted by atomic mass is 10.3. The molecule has 0 fully saturated rings. The normalized spacial score (nSPS) is 11.3. The number of aryl methyl sites for hydroxylation is 1. The van der Waals surface area contributed by atoms with Crippen molar-refractivity contribution in [1.29, 1.82) is 0 Å². The fraction of sp³-hybridized carbons (Fsp3) is 0.562. The molecule has 2 aromatic heterocycles. The summed E-state index contributed by atoms with van der Waals surface area (Å²) in [4.78, 5) is 6.50. The van der Waals surface area contributed by atoms with E-state index in [-0.39, 0.29) is 24.0 Å². The Bertz CT molecular complexity index is 609. The van der Waals surface area contributed by atoms with Gasteiger partial charge in [0.1, 0.15) is 5.82 Å². The molecule has 7 heteroatoms. The molecule has 0 bridgehead atoms. The fourth-order valence-electron chi connectivity index (χ4n) is 2.39. The van der Waals surface area contributed by atoms with Gasteiger partial charge in [0.25, 0.3) is 0 Å². The summed E-state index contributed by atoms with van der Waals surface area (Å²) in [6, 6.07) is 5.95. The average molecular weight is 430 g/mol. The molecule has 0 amide bonds. The van der Waals surface area contributed by atoms with Gasteiger partial charge in [-0.25, -0.2) is 0 Å². The Kier molecular flexibility index (Phi) is 8.90. The Morgan fingerprint density at radius 3 is 2.87 bits per heavy atom. The largest absolute Gasteiger partial charge is 0.356 e. The van der Waals surface area contributed by atoms with E-state index < -0.39 is 0 Å². The van der Waals surface area contributed by atoms with Crippen LogP contribution in [0.2, 0.25) is 0 Å². The average Bonchev–Trinajstić information content (AvgIpc) is 2.96. The molecule has 0 radical (unpaired) electrons. The van der Waals surface area contributed by atoms with Crippen LogP contribution in [0.3, 0.4) is 0 Å². The minimum atomic E-state index is 0. The van der Waals surface area contributed by atoms with Crippen molar-refractivity contribution < 1.29 is 0 Å². The zero-order valence-corrected chi connectivity index (χ0v) is 16.5. The van der Waals surface area contributed by atoms with E-state index in [4.69, 9.17) is 0 Å². The minimum absolute atomic E-state index is 0. The second-order valence-corrected chi connectivity index (χ2v) is 5.40. The van der Waals surface area contributed by atoms with Crippen LogP contribution in [-0.2, 0) is 6.42 Å². The van der Waals surface area contributed by atoms with E-state index in [0.29, 0.717) is 0 Å². The predicted octanol–water partition coefficient (Wildman–Crippen LogP) is 2.59. The lowest BCUT2D eigenvalue weighted by Crippen LogP contribution is -2.39. The standard InChI is InChI=1S/C16H26N6.HI/c1-4-5-12-21(3)16(17-2)18-11-8-10-15-20-19-14-9-6-7-13-22(14)15;/h6-7,9,13H,4-5,8,10-12H2,1-3H3,(H,17,18);1H. The van der Waals surface area contributed by atoms with Crippen LogP contribution in [0.25, 0.3) is 5.65 Å². The fourth-order valence-corrected chi connectivity index (χ4v) is 2.39. The summed E-state index contributed by atoms with van der Waals surface area (Å²) in [6.45, 7) is 4.11. The van der Waals surface area contributed by atoms with E-state index in [0.717, 1.165) is 43.4 Å². The molecule has 0 unspecified atom stereocenters. The summed E-state index contributed by atoms with van der Waals surface area (Å²) >= 11 is 0. The molecule has 6 nitrogen and oxygen atoms in total. The number of aromatic nitrogens is 3. The first kappa shape index (κ1) is 19.7. The number of pyridine rings is 1. The Morgan fingerprint density at radius 2 is 2.13 bits per heavy atom. The second-order valence-electron chi connectivity index (χ2n) is 5.40. The first-order valence-electron chi connectivity index (χ1n) is 7.96. The van der Waals surface area contributed by atoms with Gasteiger partial charge in [-0.3, -0.25) is 9.39 Å². The summed E-state index contributed by atoms with van der Waals surface area (Å²) in [5.41, 5.74) is 0.903. The van der Waals surface area contributed by atoms with Gasteiger partial charge in [-0.05, 0) is 25.0 Å². The molecule has 0 aliphatic rings. The Labute approximate surface area is 155 Å². The van der Waals surface area contributed by atoms with Gasteiger partial charge in [-0.2, -0.15) is 0 Å². The van der Waals surface area contributed by atoms with Crippen molar-refractivity contribution in [3.05, 3.63) is 30.2 Å². The molecule has 0 aromatic carbocycles. The topological polar surface area (TPSA) is 57.8 Å². The highest BCUT2D eigenvalue weighted by Crippen LogP contribution is 2.04. The van der Waals surface area contributed by atoms with Gasteiger partial charge in [0.15, 0.2) is 11.6 Å². The number of hydrogen-bond acceptors (Lipinski definition) is 3. The minimum Gasteiger partial charge on any atom is -0.356 e. The number of aliphatic imine (C=N–C) groups is 1. The van der Waals surface area contributed by atoms with Crippen LogP contribution in [-0.4, -0.2) is 52.6 Å². The molecule has 0 spiro atoms. The zero-order chi connectivity index (χ0) is 15.8. The Morgan fingerprint density at radius 1 is 1.30 bits per heavy atom. The van der Waals surface area contributed by atoms with E-state index in [1.165, 1.54) is 12.8 Å². The number of rotatable bonds is 7. The molecular weight excluding hydrogens is 403 g/mol. The maximum atomic E-state index is 4.32. The summed E-state index contributed by atoms with van der Waals surface area (Å²) in [6.07, 6.45) is 6.28. The van der Waals surface area contributed by atoms with Crippen LogP contribution in [0, 0.1) is 0 Å². The van der Waals surface area contributed by atoms with Gasteiger partial charge in [0.2, 0.25) is 0 Å². The molecule has 0 aliphatic carbocycles. The van der Waals surface area contributed by atoms with Crippen LogP contribution >= 0.6 is 24.0 Å². The number of fused-ring (bicyclic) bond motifs is 1. The lowest BCUT2D eigenvalue weighted by Gasteiger charge is -2.21. The van der Waals surface area contributed by atoms with Crippen molar-refractivity contribution in [3.63, 3.8) is 0 Å². The molecule has 2 rings (SSSR count). The molecule has 0 saturated heterocycles. The summed E-state index contributed by atoms with van der Waals surface area (Å²) < 4.78 is 2.04. The molecule has 128 valence electrons. The van der Waals surface area contributed by atoms with Crippen molar-refractivity contribution in [2.24, 2.45) is 4.99 Å². The smallest absolute Gasteiger partial charge is 0.193 e. The third-order valence-corrected chi connectivity index (χ3v) is 3.67. The highest BCUT2D eigenvalue weighted by Gasteiger charge is 2.06. The van der Waals surface area contributed by atoms with Crippen LogP contribution in [0.1, 0.15) is 32.0 Å². The van der Waals surface area contributed by atoms with E-state index in [1.54, 1.807) is 0 Å². The van der Waals surface area contributed by atoms with Crippen LogP contribution in [0.5, 0.6) is 0 Å². The predicted molar refractivity (Wildman–Crippen MR) is 106 cm³/mol. The monoisotopic (exact) mass is 430 g/mol. The first-order chi connectivity index (χ1) is 10.8. The molecule has 2 aromatic rings. The third kappa shape index (κ3) is 5.63. The molecule has 0 atom stereocenters. The maximum absolute atomic E-state index is 4.32. The molecular formula is C16H27IN6. The first-order valence-corrected chi connectivity index (χ1v) is 7.96. The van der Waals surface area contributed by atoms with Crippen molar-refractivity contribution in [2.45, 2.75) is 32.6 Å². The van der Waals surface area contributed by atoms with Crippen molar-refractivity contribution in [1.82, 2.24) is 24.8 Å². The van der Waals surface area contributed by atoms with Crippen molar-refractivity contribution in [3.8, 4) is 0 Å². The van der Waals surface area contributed by atoms with Crippen molar-refractivity contribution >= 4 is 35.6 Å². The Hall–Kier alpha value is -1.38. The van der Waals surface area contributed by atoms with Crippen LogP contribution < -0.4 is 5.32 Å². The Balaban J connectivity index is 0.00000264. The molecule has 1 N–H and O–H groups in total. The zero-order valence-electron chi connectivity index (χ0n) is 14.2. The SMILES string of the molecule is CCCCN(C)C(=NC)NCCCc1nnc2ccccn12.I. The van der Waals surface area contributed by atoms with Gasteiger partial charge in [0.05, 0.1) is 0 Å². The van der Waals surface area contributed by atoms with E-state index >= 15 is 0 Å². The van der Waals surface area contributed by atoms with Crippen LogP contribution in [0.15, 0.2) is 29.4 Å². The molecule has 0 saturated carbocycles. The molecule has 0 aliphatic heterocycles. The number of hydrogen-bond donors (Lipinski definition) is 1. The molecule has 23 heavy (non-hydrogen) atoms. The number of nitrogens with one attached hydrogen (secondary N) is 1. The van der Waals surface area contributed by atoms with Gasteiger partial charge < -0.3 is 10.2 Å². The van der Waals surface area contributed by atoms with Crippen molar-refractivity contribution in [2.75, 3.05) is 27.2 Å². The summed E-state index contributed by atoms with van der Waals surface area (Å²) in [7, 11) is 3.91. The van der Waals surface area contributed by atoms with Gasteiger partial charge in [-0.15, -0.1) is 34.2 Å². The van der Waals surface area contributed by atoms with Gasteiger partial charge >= 0.3 is 0 Å². The second kappa shape index (κ2) is 10.4. The third-order valence-electron chi connectivity index (χ3n) is 3.67. The van der Waals surface area contributed by atoms with E-state index in [1.807, 2.05) is 35.8 Å². The van der Waals surface area contributed by atoms with E-state index in [2.05, 4.69) is 39.4 Å². The molecule has 2 heterocycles. The highest BCUT2D eigenvalue weighted by atomic mass is 127. The van der Waals surface area contributed by atoms with E-state index in [9.17, 15) is 0 Å². The number of nitrogens with zero attached hydrogens (tertiary/aromatic N) is 5. The van der Waals surface area contributed by atoms with Gasteiger partial charge in [-0.1, -0.05) is 19.4 Å². The lowest BCUT2D eigenvalue weighted by molar-refractivity contribution is 0.464. The number of unbranched alkanes of at least 4 members (excludes halogenated alkanes) is 1. The van der Waals surface area contributed by atoms with Gasteiger partial charge in [0, 0.05) is 39.8 Å². The summed E-state index contributed by atoms with van der Waals surface area (Å²) in [5, 5.41) is 11.8. The maximum Gasteiger partial charge on any atom is 0.193 e. The number of halogens is 1. The van der Waals surface area contributed by atoms with Crippen LogP contribution in [0.4, 0.5) is 0 Å². The quantitative estimate of drug-likeness (QED) is 0.318. The highest BCUT2D eigenvalue weighted by molar-refractivity contribution is 14.0. The number of guanidine groups is 1. The summed E-state index contributed by atoms with van der Waals surface area (Å²) in [5.74, 6) is 1.96.